The number of halogens is 3. The van der Waals surface area contributed by atoms with Crippen molar-refractivity contribution in [2.45, 2.75) is 89.3 Å². The summed E-state index contributed by atoms with van der Waals surface area (Å²) in [6.07, 6.45) is 7.06. The maximum atomic E-state index is 14.7. The second-order valence-electron chi connectivity index (χ2n) is 10.5. The number of alkyl halides is 2. The molecule has 4 heteroatoms. The van der Waals surface area contributed by atoms with Crippen LogP contribution in [-0.4, -0.2) is 6.11 Å². The molecule has 2 fully saturated rings. The number of ether oxygens (including phenoxy) is 1. The lowest BCUT2D eigenvalue weighted by atomic mass is 9.78. The molecule has 0 amide bonds. The second-order valence-corrected chi connectivity index (χ2v) is 10.5. The molecule has 2 aromatic rings. The molecule has 184 valence electrons. The van der Waals surface area contributed by atoms with Crippen LogP contribution in [0.1, 0.15) is 92.4 Å². The Morgan fingerprint density at radius 3 is 2.09 bits per heavy atom. The molecule has 0 heterocycles. The smallest absolute Gasteiger partial charge is 0.315 e. The standard InChI is InChI=1S/C30H37F3O/c1-3-22-6-12-26(13-7-22)27-16-17-28(29(31)18-27)20-34-30(32,33)19-23-8-14-25(15-9-23)24-10-4-21(2)5-11-24/h3,8-9,14-18,21-22,24,26H,1,4-7,10-13,19-20H2,2H3. The molecule has 1 nitrogen and oxygen atoms in total. The fourth-order valence-corrected chi connectivity index (χ4v) is 5.60. The van der Waals surface area contributed by atoms with E-state index < -0.39 is 25.0 Å². The molecule has 2 aliphatic carbocycles. The molecule has 2 saturated carbocycles. The lowest BCUT2D eigenvalue weighted by molar-refractivity contribution is -0.244. The van der Waals surface area contributed by atoms with Crippen molar-refractivity contribution in [2.75, 3.05) is 0 Å². The average molecular weight is 471 g/mol. The fourth-order valence-electron chi connectivity index (χ4n) is 5.60. The summed E-state index contributed by atoms with van der Waals surface area (Å²) >= 11 is 0. The maximum Gasteiger partial charge on any atom is 0.360 e. The monoisotopic (exact) mass is 470 g/mol. The topological polar surface area (TPSA) is 9.23 Å². The van der Waals surface area contributed by atoms with Crippen LogP contribution in [0, 0.1) is 17.7 Å². The van der Waals surface area contributed by atoms with E-state index in [1.54, 1.807) is 18.2 Å². The first-order chi connectivity index (χ1) is 16.3. The lowest BCUT2D eigenvalue weighted by Gasteiger charge is -2.27. The highest BCUT2D eigenvalue weighted by Crippen LogP contribution is 2.37. The van der Waals surface area contributed by atoms with Crippen molar-refractivity contribution in [3.63, 3.8) is 0 Å². The van der Waals surface area contributed by atoms with Gasteiger partial charge in [-0.1, -0.05) is 62.2 Å². The van der Waals surface area contributed by atoms with Gasteiger partial charge in [0.2, 0.25) is 0 Å². The largest absolute Gasteiger partial charge is 0.360 e. The van der Waals surface area contributed by atoms with Crippen molar-refractivity contribution in [1.82, 2.24) is 0 Å². The summed E-state index contributed by atoms with van der Waals surface area (Å²) in [6, 6.07) is 12.5. The summed E-state index contributed by atoms with van der Waals surface area (Å²) in [5.41, 5.74) is 2.89. The van der Waals surface area contributed by atoms with Crippen LogP contribution < -0.4 is 0 Å². The molecule has 2 aromatic carbocycles. The van der Waals surface area contributed by atoms with E-state index in [2.05, 4.69) is 13.5 Å². The van der Waals surface area contributed by atoms with Gasteiger partial charge >= 0.3 is 6.11 Å². The van der Waals surface area contributed by atoms with Crippen LogP contribution in [-0.2, 0) is 17.8 Å². The van der Waals surface area contributed by atoms with Crippen LogP contribution in [0.15, 0.2) is 55.1 Å². The molecule has 0 N–H and O–H groups in total. The molecule has 0 radical (unpaired) electrons. The molecular weight excluding hydrogens is 433 g/mol. The highest BCUT2D eigenvalue weighted by Gasteiger charge is 2.31. The van der Waals surface area contributed by atoms with E-state index in [0.29, 0.717) is 23.3 Å². The third-order valence-corrected chi connectivity index (χ3v) is 7.97. The first-order valence-corrected chi connectivity index (χ1v) is 12.8. The quantitative estimate of drug-likeness (QED) is 0.350. The molecule has 0 aromatic heterocycles. The highest BCUT2D eigenvalue weighted by atomic mass is 19.3. The molecule has 2 aliphatic rings. The van der Waals surface area contributed by atoms with Gasteiger partial charge in [-0.3, -0.25) is 0 Å². The lowest BCUT2D eigenvalue weighted by Crippen LogP contribution is -2.24. The summed E-state index contributed by atoms with van der Waals surface area (Å²) in [6.45, 7) is 5.71. The first-order valence-electron chi connectivity index (χ1n) is 12.8. The van der Waals surface area contributed by atoms with Crippen molar-refractivity contribution < 1.29 is 17.9 Å². The van der Waals surface area contributed by atoms with E-state index in [1.807, 2.05) is 24.3 Å². The van der Waals surface area contributed by atoms with Crippen LogP contribution in [0.25, 0.3) is 0 Å². The Morgan fingerprint density at radius 1 is 0.882 bits per heavy atom. The zero-order valence-electron chi connectivity index (χ0n) is 20.2. The van der Waals surface area contributed by atoms with Crippen molar-refractivity contribution in [1.29, 1.82) is 0 Å². The third-order valence-electron chi connectivity index (χ3n) is 7.97. The molecule has 0 bridgehead atoms. The van der Waals surface area contributed by atoms with Gasteiger partial charge in [-0.15, -0.1) is 6.58 Å². The number of allylic oxidation sites excluding steroid dienone is 1. The summed E-state index contributed by atoms with van der Waals surface area (Å²) < 4.78 is 48.6. The van der Waals surface area contributed by atoms with E-state index in [4.69, 9.17) is 4.74 Å². The summed E-state index contributed by atoms with van der Waals surface area (Å²) in [5.74, 6) is 1.71. The van der Waals surface area contributed by atoms with Crippen molar-refractivity contribution in [3.8, 4) is 0 Å². The average Bonchev–Trinajstić information content (AvgIpc) is 2.84. The minimum Gasteiger partial charge on any atom is -0.315 e. The van der Waals surface area contributed by atoms with Crippen LogP contribution in [0.5, 0.6) is 0 Å². The van der Waals surface area contributed by atoms with E-state index in [9.17, 15) is 13.2 Å². The molecule has 0 spiro atoms. The molecular formula is C30H37F3O. The normalized spacial score (nSPS) is 25.8. The van der Waals surface area contributed by atoms with Gasteiger partial charge in [0.25, 0.3) is 0 Å². The van der Waals surface area contributed by atoms with E-state index in [-0.39, 0.29) is 5.56 Å². The summed E-state index contributed by atoms with van der Waals surface area (Å²) in [7, 11) is 0. The molecule has 34 heavy (non-hydrogen) atoms. The van der Waals surface area contributed by atoms with Crippen molar-refractivity contribution >= 4 is 0 Å². The van der Waals surface area contributed by atoms with Crippen LogP contribution >= 0.6 is 0 Å². The van der Waals surface area contributed by atoms with Gasteiger partial charge in [0.15, 0.2) is 0 Å². The first kappa shape index (κ1) is 25.0. The molecule has 0 aliphatic heterocycles. The Morgan fingerprint density at radius 2 is 1.47 bits per heavy atom. The molecule has 0 saturated heterocycles. The number of rotatable bonds is 8. The van der Waals surface area contributed by atoms with Crippen LogP contribution in [0.2, 0.25) is 0 Å². The van der Waals surface area contributed by atoms with Gasteiger partial charge < -0.3 is 4.74 Å². The van der Waals surface area contributed by atoms with Gasteiger partial charge in [0, 0.05) is 5.56 Å². The maximum absolute atomic E-state index is 14.7. The Kier molecular flexibility index (Phi) is 8.18. The SMILES string of the molecule is C=CC1CCC(c2ccc(COC(F)(F)Cc3ccc(C4CCC(C)CC4)cc3)c(F)c2)CC1. The zero-order chi connectivity index (χ0) is 24.1. The summed E-state index contributed by atoms with van der Waals surface area (Å²) in [5, 5.41) is 0. The predicted molar refractivity (Wildman–Crippen MR) is 132 cm³/mol. The minimum absolute atomic E-state index is 0.171. The molecule has 0 atom stereocenters. The Hall–Kier alpha value is -2.07. The van der Waals surface area contributed by atoms with E-state index in [0.717, 1.165) is 37.2 Å². The van der Waals surface area contributed by atoms with Gasteiger partial charge in [-0.05, 0) is 85.0 Å². The Bertz CT molecular complexity index is 936. The number of benzene rings is 2. The Balaban J connectivity index is 1.30. The predicted octanol–water partition coefficient (Wildman–Crippen LogP) is 8.93. The minimum atomic E-state index is -3.35. The Labute approximate surface area is 202 Å². The van der Waals surface area contributed by atoms with E-state index >= 15 is 0 Å². The van der Waals surface area contributed by atoms with Crippen molar-refractivity contribution in [2.24, 2.45) is 11.8 Å². The van der Waals surface area contributed by atoms with Gasteiger partial charge in [0.1, 0.15) is 5.82 Å². The number of hydrogen-bond acceptors (Lipinski definition) is 1. The zero-order valence-corrected chi connectivity index (χ0v) is 20.2. The third kappa shape index (κ3) is 6.53. The second kappa shape index (κ2) is 11.1. The molecule has 0 unspecified atom stereocenters. The van der Waals surface area contributed by atoms with Gasteiger partial charge in [0.05, 0.1) is 13.0 Å². The fraction of sp³-hybridized carbons (Fsp3) is 0.533. The van der Waals surface area contributed by atoms with Crippen molar-refractivity contribution in [3.05, 3.63) is 83.2 Å². The van der Waals surface area contributed by atoms with Gasteiger partial charge in [-0.2, -0.15) is 8.78 Å². The highest BCUT2D eigenvalue weighted by molar-refractivity contribution is 5.28. The number of hydrogen-bond donors (Lipinski definition) is 0. The molecule has 4 rings (SSSR count). The van der Waals surface area contributed by atoms with E-state index in [1.165, 1.54) is 37.3 Å². The van der Waals surface area contributed by atoms with Crippen LogP contribution in [0.4, 0.5) is 13.2 Å². The van der Waals surface area contributed by atoms with Gasteiger partial charge in [-0.25, -0.2) is 4.39 Å². The summed E-state index contributed by atoms with van der Waals surface area (Å²) in [4.78, 5) is 0. The van der Waals surface area contributed by atoms with Crippen LogP contribution in [0.3, 0.4) is 0 Å².